The number of ketones is 1. The number of hydrogen-bond acceptors (Lipinski definition) is 5. The Kier molecular flexibility index (Phi) is 6.93. The zero-order chi connectivity index (χ0) is 28.5. The van der Waals surface area contributed by atoms with Crippen molar-refractivity contribution in [2.75, 3.05) is 17.3 Å². The van der Waals surface area contributed by atoms with Crippen molar-refractivity contribution in [1.82, 2.24) is 0 Å². The van der Waals surface area contributed by atoms with Crippen molar-refractivity contribution in [3.05, 3.63) is 142 Å². The summed E-state index contributed by atoms with van der Waals surface area (Å²) in [6.07, 6.45) is 0.720. The normalized spacial score (nSPS) is 18.1. The molecule has 1 amide bonds. The zero-order valence-corrected chi connectivity index (χ0v) is 22.3. The second-order valence-corrected chi connectivity index (χ2v) is 10.2. The van der Waals surface area contributed by atoms with Crippen molar-refractivity contribution in [3.63, 3.8) is 0 Å². The molecule has 4 aromatic rings. The van der Waals surface area contributed by atoms with Gasteiger partial charge in [-0.3, -0.25) is 14.5 Å². The van der Waals surface area contributed by atoms with Crippen LogP contribution >= 0.6 is 0 Å². The molecule has 0 spiro atoms. The molecular weight excluding hydrogens is 519 g/mol. The highest BCUT2D eigenvalue weighted by Gasteiger charge is 2.42. The lowest BCUT2D eigenvalue weighted by atomic mass is 9.78. The Labute approximate surface area is 237 Å². The van der Waals surface area contributed by atoms with E-state index in [2.05, 4.69) is 5.32 Å². The number of nitrogens with zero attached hydrogens (tertiary/aromatic N) is 1. The molecule has 6 rings (SSSR count). The van der Waals surface area contributed by atoms with Crippen molar-refractivity contribution < 1.29 is 23.5 Å². The first-order chi connectivity index (χ1) is 19.9. The van der Waals surface area contributed by atoms with Crippen molar-refractivity contribution >= 4 is 29.0 Å². The molecular formula is C34H27FN2O4. The molecule has 1 aliphatic heterocycles. The number of para-hydroxylation sites is 2. The molecule has 0 bridgehead atoms. The van der Waals surface area contributed by atoms with E-state index in [1.54, 1.807) is 65.6 Å². The predicted octanol–water partition coefficient (Wildman–Crippen LogP) is 6.83. The van der Waals surface area contributed by atoms with Gasteiger partial charge in [0.1, 0.15) is 5.82 Å². The van der Waals surface area contributed by atoms with Crippen molar-refractivity contribution in [1.29, 1.82) is 0 Å². The summed E-state index contributed by atoms with van der Waals surface area (Å²) in [4.78, 5) is 42.2. The monoisotopic (exact) mass is 546 g/mol. The third kappa shape index (κ3) is 4.91. The Balaban J connectivity index is 1.54. The Bertz CT molecular complexity index is 1660. The smallest absolute Gasteiger partial charge is 0.337 e. The largest absolute Gasteiger partial charge is 0.465 e. The second-order valence-electron chi connectivity index (χ2n) is 10.2. The number of carbonyl (C=O) groups excluding carboxylic acids is 3. The fourth-order valence-electron chi connectivity index (χ4n) is 5.74. The minimum Gasteiger partial charge on any atom is -0.465 e. The van der Waals surface area contributed by atoms with Crippen LogP contribution in [-0.4, -0.2) is 24.8 Å². The maximum Gasteiger partial charge on any atom is 0.337 e. The number of hydrogen-bond donors (Lipinski definition) is 1. The van der Waals surface area contributed by atoms with Gasteiger partial charge < -0.3 is 10.1 Å². The molecule has 7 heteroatoms. The average Bonchev–Trinajstić information content (AvgIpc) is 3.16. The number of fused-ring (bicyclic) bond motifs is 1. The van der Waals surface area contributed by atoms with Crippen LogP contribution in [0.4, 0.5) is 15.8 Å². The number of nitrogens with one attached hydrogen (secondary N) is 1. The van der Waals surface area contributed by atoms with Crippen molar-refractivity contribution in [3.8, 4) is 0 Å². The van der Waals surface area contributed by atoms with E-state index in [0.29, 0.717) is 45.8 Å². The van der Waals surface area contributed by atoms with Crippen LogP contribution in [0.2, 0.25) is 0 Å². The van der Waals surface area contributed by atoms with Crippen LogP contribution in [-0.2, 0) is 9.53 Å². The van der Waals surface area contributed by atoms with E-state index in [0.717, 1.165) is 5.56 Å². The Morgan fingerprint density at radius 2 is 1.46 bits per heavy atom. The van der Waals surface area contributed by atoms with Gasteiger partial charge >= 0.3 is 5.97 Å². The molecule has 4 aromatic carbocycles. The summed E-state index contributed by atoms with van der Waals surface area (Å²) in [5.74, 6) is -1.32. The van der Waals surface area contributed by atoms with Gasteiger partial charge in [-0.25, -0.2) is 9.18 Å². The summed E-state index contributed by atoms with van der Waals surface area (Å²) >= 11 is 0. The van der Waals surface area contributed by atoms with Gasteiger partial charge in [0.15, 0.2) is 5.78 Å². The summed E-state index contributed by atoms with van der Waals surface area (Å²) in [5, 5.41) is 3.49. The van der Waals surface area contributed by atoms with Gasteiger partial charge in [0.25, 0.3) is 5.91 Å². The summed E-state index contributed by atoms with van der Waals surface area (Å²) in [7, 11) is 1.32. The molecule has 2 atom stereocenters. The third-order valence-electron chi connectivity index (χ3n) is 7.72. The highest BCUT2D eigenvalue weighted by molar-refractivity contribution is 6.12. The second kappa shape index (κ2) is 10.8. The number of anilines is 2. The average molecular weight is 547 g/mol. The maximum atomic E-state index is 14.3. The van der Waals surface area contributed by atoms with E-state index in [-0.39, 0.29) is 29.8 Å². The SMILES string of the molecule is COC(=O)c1ccc([C@@H]2C3=C(C[C@H](c4ccc(F)cc4)CC3=O)Nc3ccccc3N2C(=O)c2ccccc2)cc1. The van der Waals surface area contributed by atoms with E-state index < -0.39 is 12.0 Å². The minimum absolute atomic E-state index is 0.103. The van der Waals surface area contributed by atoms with Gasteiger partial charge in [-0.05, 0) is 72.0 Å². The lowest BCUT2D eigenvalue weighted by Crippen LogP contribution is -2.38. The number of rotatable bonds is 4. The van der Waals surface area contributed by atoms with E-state index in [9.17, 15) is 18.8 Å². The maximum absolute atomic E-state index is 14.3. The first kappa shape index (κ1) is 26.2. The van der Waals surface area contributed by atoms with Crippen LogP contribution in [0, 0.1) is 5.82 Å². The molecule has 0 radical (unpaired) electrons. The quantitative estimate of drug-likeness (QED) is 0.284. The molecule has 0 unspecified atom stereocenters. The number of benzene rings is 4. The standard InChI is InChI=1S/C34H27FN2O4/c1-41-34(40)24-13-11-22(12-14-24)32-31-28(19-25(20-30(31)38)21-15-17-26(35)18-16-21)36-27-9-5-6-10-29(27)37(32)33(39)23-7-3-2-4-8-23/h2-18,25,32,36H,19-20H2,1H3/t25-,32+/m0/s1. The summed E-state index contributed by atoms with van der Waals surface area (Å²) < 4.78 is 18.5. The number of esters is 1. The predicted molar refractivity (Wildman–Crippen MR) is 154 cm³/mol. The summed E-state index contributed by atoms with van der Waals surface area (Å²) in [6, 6.07) is 28.8. The first-order valence-electron chi connectivity index (χ1n) is 13.4. The van der Waals surface area contributed by atoms with Crippen LogP contribution in [0.15, 0.2) is 114 Å². The topological polar surface area (TPSA) is 75.7 Å². The van der Waals surface area contributed by atoms with Crippen molar-refractivity contribution in [2.45, 2.75) is 24.8 Å². The molecule has 0 saturated carbocycles. The third-order valence-corrected chi connectivity index (χ3v) is 7.72. The van der Waals surface area contributed by atoms with Gasteiger partial charge in [0, 0.05) is 23.3 Å². The number of Topliss-reactive ketones (excluding diaryl/α,β-unsaturated/α-hetero) is 1. The van der Waals surface area contributed by atoms with E-state index in [1.165, 1.54) is 19.2 Å². The molecule has 204 valence electrons. The summed E-state index contributed by atoms with van der Waals surface area (Å²) in [5.41, 5.74) is 4.95. The van der Waals surface area contributed by atoms with Gasteiger partial charge in [-0.1, -0.05) is 54.6 Å². The lowest BCUT2D eigenvalue weighted by molar-refractivity contribution is -0.116. The molecule has 41 heavy (non-hydrogen) atoms. The van der Waals surface area contributed by atoms with Gasteiger partial charge in [-0.2, -0.15) is 0 Å². The zero-order valence-electron chi connectivity index (χ0n) is 22.3. The molecule has 6 nitrogen and oxygen atoms in total. The van der Waals surface area contributed by atoms with Crippen LogP contribution < -0.4 is 10.2 Å². The van der Waals surface area contributed by atoms with Crippen LogP contribution in [0.5, 0.6) is 0 Å². The molecule has 0 saturated heterocycles. The molecule has 2 aliphatic rings. The highest BCUT2D eigenvalue weighted by atomic mass is 19.1. The number of carbonyl (C=O) groups is 3. The van der Waals surface area contributed by atoms with Gasteiger partial charge in [-0.15, -0.1) is 0 Å². The highest BCUT2D eigenvalue weighted by Crippen LogP contribution is 2.47. The summed E-state index contributed by atoms with van der Waals surface area (Å²) in [6.45, 7) is 0. The number of halogens is 1. The van der Waals surface area contributed by atoms with E-state index in [1.807, 2.05) is 30.3 Å². The molecule has 0 fully saturated rings. The lowest BCUT2D eigenvalue weighted by Gasteiger charge is -2.35. The molecule has 1 aliphatic carbocycles. The van der Waals surface area contributed by atoms with Gasteiger partial charge in [0.2, 0.25) is 0 Å². The van der Waals surface area contributed by atoms with Gasteiger partial charge in [0.05, 0.1) is 30.1 Å². The fourth-order valence-corrected chi connectivity index (χ4v) is 5.74. The number of ether oxygens (including phenoxy) is 1. The van der Waals surface area contributed by atoms with Crippen molar-refractivity contribution in [2.24, 2.45) is 0 Å². The molecule has 0 aromatic heterocycles. The Morgan fingerprint density at radius 3 is 2.17 bits per heavy atom. The Morgan fingerprint density at radius 1 is 0.805 bits per heavy atom. The number of allylic oxidation sites excluding steroid dienone is 1. The minimum atomic E-state index is -0.762. The van der Waals surface area contributed by atoms with Crippen LogP contribution in [0.3, 0.4) is 0 Å². The number of amides is 1. The molecule has 1 N–H and O–H groups in total. The molecule has 1 heterocycles. The number of methoxy groups -OCH3 is 1. The van der Waals surface area contributed by atoms with Crippen LogP contribution in [0.1, 0.15) is 56.6 Å². The van der Waals surface area contributed by atoms with E-state index >= 15 is 0 Å². The Hall–Kier alpha value is -5.04. The first-order valence-corrected chi connectivity index (χ1v) is 13.4. The van der Waals surface area contributed by atoms with E-state index in [4.69, 9.17) is 4.74 Å². The van der Waals surface area contributed by atoms with Crippen LogP contribution in [0.25, 0.3) is 0 Å². The fraction of sp³-hybridized carbons (Fsp3) is 0.147.